The van der Waals surface area contributed by atoms with Gasteiger partial charge < -0.3 is 14.2 Å². The molecule has 0 spiro atoms. The number of anilines is 1. The molecule has 10 nitrogen and oxygen atoms in total. The summed E-state index contributed by atoms with van der Waals surface area (Å²) in [6.07, 6.45) is -0.712. The van der Waals surface area contributed by atoms with Gasteiger partial charge in [0.2, 0.25) is 15.9 Å². The van der Waals surface area contributed by atoms with Crippen molar-refractivity contribution in [3.05, 3.63) is 36.0 Å². The van der Waals surface area contributed by atoms with Gasteiger partial charge in [-0.05, 0) is 38.1 Å². The number of ether oxygens (including phenoxy) is 1. The number of benzene rings is 1. The van der Waals surface area contributed by atoms with Crippen molar-refractivity contribution in [1.82, 2.24) is 14.4 Å². The topological polar surface area (TPSA) is 123 Å². The zero-order chi connectivity index (χ0) is 22.8. The van der Waals surface area contributed by atoms with Gasteiger partial charge >= 0.3 is 5.97 Å². The lowest BCUT2D eigenvalue weighted by Gasteiger charge is -2.20. The van der Waals surface area contributed by atoms with Crippen LogP contribution in [0.15, 0.2) is 33.7 Å². The van der Waals surface area contributed by atoms with E-state index in [1.165, 1.54) is 21.3 Å². The highest BCUT2D eigenvalue weighted by Gasteiger charge is 2.37. The van der Waals surface area contributed by atoms with Crippen LogP contribution in [0.2, 0.25) is 0 Å². The normalized spacial score (nSPS) is 17.9. The van der Waals surface area contributed by atoms with Crippen molar-refractivity contribution in [2.45, 2.75) is 45.1 Å². The molecule has 0 saturated carbocycles. The highest BCUT2D eigenvalue weighted by atomic mass is 32.2. The molecule has 1 amide bonds. The molecule has 2 atom stereocenters. The zero-order valence-corrected chi connectivity index (χ0v) is 18.8. The standard InChI is InChI=1S/C20H26N4O6S/c1-5-23(6-2)31(27,28)17-9-7-16(8-10-17)24-12-15(11-18(24)25)20(26)29-13(3)19-21-14(4)22-30-19/h7-10,13,15H,5-6,11-12H2,1-4H3. The summed E-state index contributed by atoms with van der Waals surface area (Å²) in [5, 5.41) is 3.67. The molecule has 11 heteroatoms. The molecule has 2 aromatic rings. The van der Waals surface area contributed by atoms with Crippen LogP contribution in [0, 0.1) is 12.8 Å². The third-order valence-corrected chi connectivity index (χ3v) is 7.20. The second-order valence-corrected chi connectivity index (χ2v) is 9.19. The molecule has 0 radical (unpaired) electrons. The maximum Gasteiger partial charge on any atom is 0.312 e. The smallest absolute Gasteiger partial charge is 0.312 e. The average molecular weight is 451 g/mol. The summed E-state index contributed by atoms with van der Waals surface area (Å²) in [5.74, 6) is -0.774. The second kappa shape index (κ2) is 9.15. The first-order valence-corrected chi connectivity index (χ1v) is 11.5. The molecule has 1 aromatic heterocycles. The highest BCUT2D eigenvalue weighted by Crippen LogP contribution is 2.29. The molecule has 2 heterocycles. The summed E-state index contributed by atoms with van der Waals surface area (Å²) in [7, 11) is -3.58. The minimum atomic E-state index is -3.58. The van der Waals surface area contributed by atoms with E-state index in [2.05, 4.69) is 10.1 Å². The van der Waals surface area contributed by atoms with Gasteiger partial charge in [0.1, 0.15) is 0 Å². The van der Waals surface area contributed by atoms with Gasteiger partial charge in [-0.1, -0.05) is 19.0 Å². The van der Waals surface area contributed by atoms with E-state index in [1.807, 2.05) is 0 Å². The molecule has 1 aliphatic rings. The zero-order valence-electron chi connectivity index (χ0n) is 17.9. The van der Waals surface area contributed by atoms with E-state index in [-0.39, 0.29) is 29.7 Å². The lowest BCUT2D eigenvalue weighted by Crippen LogP contribution is -2.30. The third-order valence-electron chi connectivity index (χ3n) is 5.13. The molecular weight excluding hydrogens is 424 g/mol. The molecule has 31 heavy (non-hydrogen) atoms. The van der Waals surface area contributed by atoms with Gasteiger partial charge in [0.05, 0.1) is 10.8 Å². The minimum absolute atomic E-state index is 0.00785. The fraction of sp³-hybridized carbons (Fsp3) is 0.500. The van der Waals surface area contributed by atoms with Gasteiger partial charge in [0.25, 0.3) is 5.89 Å². The predicted octanol–water partition coefficient (Wildman–Crippen LogP) is 2.07. The summed E-state index contributed by atoms with van der Waals surface area (Å²) in [5.41, 5.74) is 0.527. The SMILES string of the molecule is CCN(CC)S(=O)(=O)c1ccc(N2CC(C(=O)OC(C)c3nc(C)no3)CC2=O)cc1. The average Bonchev–Trinajstić information content (AvgIpc) is 3.34. The largest absolute Gasteiger partial charge is 0.452 e. The van der Waals surface area contributed by atoms with Gasteiger partial charge in [0.15, 0.2) is 11.9 Å². The summed E-state index contributed by atoms with van der Waals surface area (Å²) in [6.45, 7) is 7.72. The summed E-state index contributed by atoms with van der Waals surface area (Å²) < 4.78 is 37.0. The second-order valence-electron chi connectivity index (χ2n) is 7.25. The van der Waals surface area contributed by atoms with Crippen molar-refractivity contribution >= 4 is 27.6 Å². The number of aromatic nitrogens is 2. The Bertz CT molecular complexity index is 1050. The van der Waals surface area contributed by atoms with Gasteiger partial charge in [-0.25, -0.2) is 8.42 Å². The number of sulfonamides is 1. The molecular formula is C20H26N4O6S. The Morgan fingerprint density at radius 1 is 1.29 bits per heavy atom. The first-order valence-electron chi connectivity index (χ1n) is 10.1. The third kappa shape index (κ3) is 4.77. The van der Waals surface area contributed by atoms with Crippen LogP contribution in [-0.2, 0) is 24.3 Å². The molecule has 0 N–H and O–H groups in total. The van der Waals surface area contributed by atoms with E-state index in [0.29, 0.717) is 24.6 Å². The Morgan fingerprint density at radius 2 is 1.94 bits per heavy atom. The number of hydrogen-bond donors (Lipinski definition) is 0. The lowest BCUT2D eigenvalue weighted by molar-refractivity contribution is -0.154. The summed E-state index contributed by atoms with van der Waals surface area (Å²) >= 11 is 0. The first kappa shape index (κ1) is 22.9. The number of carbonyl (C=O) groups is 2. The van der Waals surface area contributed by atoms with Crippen LogP contribution in [0.1, 0.15) is 45.0 Å². The van der Waals surface area contributed by atoms with Crippen molar-refractivity contribution in [1.29, 1.82) is 0 Å². The number of esters is 1. The molecule has 1 aliphatic heterocycles. The quantitative estimate of drug-likeness (QED) is 0.560. The van der Waals surface area contributed by atoms with Gasteiger partial charge in [0, 0.05) is 31.7 Å². The Balaban J connectivity index is 1.68. The van der Waals surface area contributed by atoms with E-state index in [1.54, 1.807) is 39.8 Å². The molecule has 168 valence electrons. The van der Waals surface area contributed by atoms with Crippen molar-refractivity contribution in [3.63, 3.8) is 0 Å². The van der Waals surface area contributed by atoms with Crippen molar-refractivity contribution < 1.29 is 27.3 Å². The van der Waals surface area contributed by atoms with Crippen LogP contribution in [0.5, 0.6) is 0 Å². The monoisotopic (exact) mass is 450 g/mol. The van der Waals surface area contributed by atoms with Crippen LogP contribution >= 0.6 is 0 Å². The maximum atomic E-state index is 12.6. The molecule has 3 rings (SSSR count). The van der Waals surface area contributed by atoms with E-state index in [0.717, 1.165) is 0 Å². The summed E-state index contributed by atoms with van der Waals surface area (Å²) in [4.78, 5) is 30.6. The van der Waals surface area contributed by atoms with Crippen LogP contribution in [-0.4, -0.2) is 54.4 Å². The van der Waals surface area contributed by atoms with Crippen LogP contribution < -0.4 is 4.90 Å². The fourth-order valence-electron chi connectivity index (χ4n) is 3.42. The minimum Gasteiger partial charge on any atom is -0.452 e. The Labute approximate surface area is 181 Å². The van der Waals surface area contributed by atoms with Crippen molar-refractivity contribution in [3.8, 4) is 0 Å². The van der Waals surface area contributed by atoms with Crippen molar-refractivity contribution in [2.75, 3.05) is 24.5 Å². The molecule has 0 aliphatic carbocycles. The van der Waals surface area contributed by atoms with Gasteiger partial charge in [-0.2, -0.15) is 9.29 Å². The molecule has 1 fully saturated rings. The van der Waals surface area contributed by atoms with Crippen molar-refractivity contribution in [2.24, 2.45) is 5.92 Å². The number of nitrogens with zero attached hydrogens (tertiary/aromatic N) is 4. The van der Waals surface area contributed by atoms with E-state index >= 15 is 0 Å². The molecule has 1 aromatic carbocycles. The predicted molar refractivity (Wildman–Crippen MR) is 111 cm³/mol. The van der Waals surface area contributed by atoms with E-state index in [4.69, 9.17) is 9.26 Å². The van der Waals surface area contributed by atoms with E-state index < -0.39 is 28.0 Å². The Hall–Kier alpha value is -2.79. The molecule has 1 saturated heterocycles. The Morgan fingerprint density at radius 3 is 2.48 bits per heavy atom. The van der Waals surface area contributed by atoms with Gasteiger partial charge in [-0.3, -0.25) is 9.59 Å². The maximum absolute atomic E-state index is 12.6. The number of amides is 1. The van der Waals surface area contributed by atoms with Crippen LogP contribution in [0.25, 0.3) is 0 Å². The number of carbonyl (C=O) groups excluding carboxylic acids is 2. The summed E-state index contributed by atoms with van der Waals surface area (Å²) in [6, 6.07) is 6.10. The number of rotatable bonds is 8. The number of hydrogen-bond acceptors (Lipinski definition) is 8. The van der Waals surface area contributed by atoms with Gasteiger partial charge in [-0.15, -0.1) is 0 Å². The van der Waals surface area contributed by atoms with Crippen LogP contribution in [0.4, 0.5) is 5.69 Å². The fourth-order valence-corrected chi connectivity index (χ4v) is 4.88. The Kier molecular flexibility index (Phi) is 6.75. The van der Waals surface area contributed by atoms with Crippen LogP contribution in [0.3, 0.4) is 0 Å². The number of aryl methyl sites for hydroxylation is 1. The lowest BCUT2D eigenvalue weighted by atomic mass is 10.1. The molecule has 0 bridgehead atoms. The van der Waals surface area contributed by atoms with E-state index in [9.17, 15) is 18.0 Å². The molecule has 2 unspecified atom stereocenters. The highest BCUT2D eigenvalue weighted by molar-refractivity contribution is 7.89. The first-order chi connectivity index (χ1) is 14.7.